The van der Waals surface area contributed by atoms with Gasteiger partial charge in [0.1, 0.15) is 5.75 Å². The molecule has 0 aliphatic carbocycles. The second-order valence-electron chi connectivity index (χ2n) is 4.46. The third kappa shape index (κ3) is 5.92. The topological polar surface area (TPSA) is 68.2 Å². The fraction of sp³-hybridized carbons (Fsp3) is 0.571. The Labute approximate surface area is 120 Å². The van der Waals surface area contributed by atoms with E-state index in [4.69, 9.17) is 14.2 Å². The zero-order valence-electron chi connectivity index (χ0n) is 12.2. The fourth-order valence-electron chi connectivity index (χ4n) is 1.73. The third-order valence-corrected chi connectivity index (χ3v) is 2.90. The van der Waals surface area contributed by atoms with Crippen LogP contribution in [0.2, 0.25) is 0 Å². The molecule has 1 aromatic carbocycles. The van der Waals surface area contributed by atoms with Crippen molar-refractivity contribution in [1.82, 2.24) is 0 Å². The van der Waals surface area contributed by atoms with Gasteiger partial charge in [-0.3, -0.25) is 0 Å². The van der Waals surface area contributed by atoms with Crippen LogP contribution >= 0.6 is 0 Å². The molecule has 0 aliphatic heterocycles. The van der Waals surface area contributed by atoms with Gasteiger partial charge in [-0.2, -0.15) is 0 Å². The molecular weight excluding hydrogens is 259 g/mol. The third-order valence-electron chi connectivity index (χ3n) is 2.90. The summed E-state index contributed by atoms with van der Waals surface area (Å²) in [7, 11) is 0.0525. The number of rotatable bonds is 10. The predicted molar refractivity (Wildman–Crippen MR) is 78.2 cm³/mol. The first-order valence-electron chi connectivity index (χ1n) is 6.87. The van der Waals surface area contributed by atoms with Gasteiger partial charge in [-0.25, -0.2) is 0 Å². The SMILES string of the molecule is CCCCOCCOCc1cc(OC)ccc1B(O)O. The molecule has 0 fully saturated rings. The average Bonchev–Trinajstić information content (AvgIpc) is 2.45. The molecule has 20 heavy (non-hydrogen) atoms. The minimum atomic E-state index is -1.51. The lowest BCUT2D eigenvalue weighted by Gasteiger charge is -2.11. The predicted octanol–water partition coefficient (Wildman–Crippen LogP) is 0.708. The highest BCUT2D eigenvalue weighted by atomic mass is 16.5. The Balaban J connectivity index is 2.41. The highest BCUT2D eigenvalue weighted by molar-refractivity contribution is 6.59. The van der Waals surface area contributed by atoms with Crippen molar-refractivity contribution in [3.63, 3.8) is 0 Å². The Bertz CT molecular complexity index is 384. The number of hydrogen-bond acceptors (Lipinski definition) is 5. The van der Waals surface area contributed by atoms with Crippen LogP contribution in [0.3, 0.4) is 0 Å². The van der Waals surface area contributed by atoms with Crippen molar-refractivity contribution < 1.29 is 24.3 Å². The van der Waals surface area contributed by atoms with Gasteiger partial charge >= 0.3 is 7.12 Å². The van der Waals surface area contributed by atoms with Gasteiger partial charge in [0.15, 0.2) is 0 Å². The average molecular weight is 282 g/mol. The molecule has 0 heterocycles. The molecular formula is C14H23BO5. The molecule has 6 heteroatoms. The summed E-state index contributed by atoms with van der Waals surface area (Å²) in [6.07, 6.45) is 2.17. The molecule has 112 valence electrons. The molecule has 0 saturated heterocycles. The van der Waals surface area contributed by atoms with E-state index in [1.807, 2.05) is 0 Å². The summed E-state index contributed by atoms with van der Waals surface area (Å²) in [5, 5.41) is 18.6. The van der Waals surface area contributed by atoms with Crippen LogP contribution in [0.5, 0.6) is 5.75 Å². The fourth-order valence-corrected chi connectivity index (χ4v) is 1.73. The maximum Gasteiger partial charge on any atom is 0.488 e. The summed E-state index contributed by atoms with van der Waals surface area (Å²) < 4.78 is 16.0. The van der Waals surface area contributed by atoms with E-state index in [-0.39, 0.29) is 0 Å². The highest BCUT2D eigenvalue weighted by Crippen LogP contribution is 2.12. The van der Waals surface area contributed by atoms with Gasteiger partial charge < -0.3 is 24.3 Å². The van der Waals surface area contributed by atoms with Crippen molar-refractivity contribution in [2.75, 3.05) is 26.9 Å². The van der Waals surface area contributed by atoms with Crippen molar-refractivity contribution in [1.29, 1.82) is 0 Å². The zero-order chi connectivity index (χ0) is 14.8. The van der Waals surface area contributed by atoms with Crippen LogP contribution in [0.4, 0.5) is 0 Å². The number of unbranched alkanes of at least 4 members (excludes halogenated alkanes) is 1. The first kappa shape index (κ1) is 17.0. The van der Waals surface area contributed by atoms with E-state index in [1.165, 1.54) is 0 Å². The summed E-state index contributed by atoms with van der Waals surface area (Å²) in [6.45, 7) is 4.17. The first-order valence-corrected chi connectivity index (χ1v) is 6.87. The van der Waals surface area contributed by atoms with E-state index < -0.39 is 7.12 Å². The Morgan fingerprint density at radius 1 is 1.10 bits per heavy atom. The van der Waals surface area contributed by atoms with Gasteiger partial charge in [0.05, 0.1) is 26.9 Å². The first-order chi connectivity index (χ1) is 9.69. The second-order valence-corrected chi connectivity index (χ2v) is 4.46. The molecule has 0 aliphatic rings. The molecule has 0 unspecified atom stereocenters. The van der Waals surface area contributed by atoms with Crippen LogP contribution in [0, 0.1) is 0 Å². The molecule has 2 N–H and O–H groups in total. The Hall–Kier alpha value is -1.08. The van der Waals surface area contributed by atoms with E-state index >= 15 is 0 Å². The lowest BCUT2D eigenvalue weighted by atomic mass is 9.77. The Morgan fingerprint density at radius 2 is 1.85 bits per heavy atom. The number of methoxy groups -OCH3 is 1. The van der Waals surface area contributed by atoms with Gasteiger partial charge in [-0.1, -0.05) is 19.4 Å². The summed E-state index contributed by atoms with van der Waals surface area (Å²) in [6, 6.07) is 5.05. The zero-order valence-corrected chi connectivity index (χ0v) is 12.2. The number of hydrogen-bond donors (Lipinski definition) is 2. The lowest BCUT2D eigenvalue weighted by Crippen LogP contribution is -2.33. The maximum absolute atomic E-state index is 9.30. The molecule has 0 atom stereocenters. The van der Waals surface area contributed by atoms with E-state index in [9.17, 15) is 10.0 Å². The molecule has 0 radical (unpaired) electrons. The van der Waals surface area contributed by atoms with Crippen LogP contribution in [0.15, 0.2) is 18.2 Å². The van der Waals surface area contributed by atoms with Gasteiger partial charge in [-0.05, 0) is 29.6 Å². The van der Waals surface area contributed by atoms with E-state index in [2.05, 4.69) is 6.92 Å². The van der Waals surface area contributed by atoms with Crippen molar-refractivity contribution in [3.8, 4) is 5.75 Å². The Morgan fingerprint density at radius 3 is 2.50 bits per heavy atom. The van der Waals surface area contributed by atoms with Crippen molar-refractivity contribution in [2.45, 2.75) is 26.4 Å². The van der Waals surface area contributed by atoms with Crippen LogP contribution < -0.4 is 10.2 Å². The monoisotopic (exact) mass is 282 g/mol. The standard InChI is InChI=1S/C14H23BO5/c1-3-4-7-19-8-9-20-11-12-10-13(18-2)5-6-14(12)15(16)17/h5-6,10,16-17H,3-4,7-9,11H2,1-2H3. The van der Waals surface area contributed by atoms with Gasteiger partial charge in [0.25, 0.3) is 0 Å². The van der Waals surface area contributed by atoms with Crippen LogP contribution in [0.1, 0.15) is 25.3 Å². The molecule has 0 bridgehead atoms. The summed E-state index contributed by atoms with van der Waals surface area (Å²) in [4.78, 5) is 0. The molecule has 5 nitrogen and oxygen atoms in total. The van der Waals surface area contributed by atoms with Crippen molar-refractivity contribution in [2.24, 2.45) is 0 Å². The highest BCUT2D eigenvalue weighted by Gasteiger charge is 2.16. The van der Waals surface area contributed by atoms with E-state index in [0.717, 1.165) is 19.4 Å². The summed E-state index contributed by atoms with van der Waals surface area (Å²) >= 11 is 0. The van der Waals surface area contributed by atoms with Gasteiger partial charge in [-0.15, -0.1) is 0 Å². The Kier molecular flexibility index (Phi) is 8.29. The summed E-state index contributed by atoms with van der Waals surface area (Å²) in [5.41, 5.74) is 1.13. The maximum atomic E-state index is 9.30. The number of benzene rings is 1. The number of ether oxygens (including phenoxy) is 3. The van der Waals surface area contributed by atoms with Crippen LogP contribution in [-0.2, 0) is 16.1 Å². The van der Waals surface area contributed by atoms with E-state index in [1.54, 1.807) is 25.3 Å². The second kappa shape index (κ2) is 9.77. The minimum absolute atomic E-state index is 0.293. The van der Waals surface area contributed by atoms with Crippen molar-refractivity contribution in [3.05, 3.63) is 23.8 Å². The van der Waals surface area contributed by atoms with Crippen LogP contribution in [-0.4, -0.2) is 44.1 Å². The quantitative estimate of drug-likeness (QED) is 0.488. The van der Waals surface area contributed by atoms with Gasteiger partial charge in [0, 0.05) is 6.61 Å². The van der Waals surface area contributed by atoms with Gasteiger partial charge in [0.2, 0.25) is 0 Å². The summed E-state index contributed by atoms with van der Waals surface area (Å²) in [5.74, 6) is 0.659. The molecule has 1 rings (SSSR count). The molecule has 0 saturated carbocycles. The molecule has 1 aromatic rings. The van der Waals surface area contributed by atoms with Crippen molar-refractivity contribution >= 4 is 12.6 Å². The normalized spacial score (nSPS) is 10.6. The molecule has 0 spiro atoms. The lowest BCUT2D eigenvalue weighted by molar-refractivity contribution is 0.0398. The van der Waals surface area contributed by atoms with E-state index in [0.29, 0.717) is 36.6 Å². The molecule has 0 amide bonds. The smallest absolute Gasteiger partial charge is 0.488 e. The van der Waals surface area contributed by atoms with Crippen LogP contribution in [0.25, 0.3) is 0 Å². The largest absolute Gasteiger partial charge is 0.497 e. The molecule has 0 aromatic heterocycles. The minimum Gasteiger partial charge on any atom is -0.497 e.